The van der Waals surface area contributed by atoms with Crippen LogP contribution in [0.5, 0.6) is 0 Å². The monoisotopic (exact) mass is 477 g/mol. The molecule has 0 saturated heterocycles. The van der Waals surface area contributed by atoms with Crippen LogP contribution in [0, 0.1) is 0 Å². The van der Waals surface area contributed by atoms with Gasteiger partial charge in [-0.2, -0.15) is 0 Å². The second-order valence-corrected chi connectivity index (χ2v) is 9.05. The van der Waals surface area contributed by atoms with Crippen molar-refractivity contribution in [3.63, 3.8) is 0 Å². The first-order chi connectivity index (χ1) is 16.3. The number of benzene rings is 2. The zero-order chi connectivity index (χ0) is 24.4. The second-order valence-electron chi connectivity index (χ2n) is 8.02. The summed E-state index contributed by atoms with van der Waals surface area (Å²) < 4.78 is 7.85. The molecule has 0 spiro atoms. The Balaban J connectivity index is 1.62. The Bertz CT molecular complexity index is 1480. The lowest BCUT2D eigenvalue weighted by atomic mass is 10.1. The summed E-state index contributed by atoms with van der Waals surface area (Å²) in [4.78, 5) is 52.8. The summed E-state index contributed by atoms with van der Waals surface area (Å²) in [5, 5.41) is 0.276. The average Bonchev–Trinajstić information content (AvgIpc) is 3.30. The maximum absolute atomic E-state index is 13.1. The Hall–Kier alpha value is -3.98. The fourth-order valence-corrected chi connectivity index (χ4v) is 4.51. The topological polar surface area (TPSA) is 90.6 Å². The fraction of sp³-hybridized carbons (Fsp3) is 0.200. The van der Waals surface area contributed by atoms with Gasteiger partial charge < -0.3 is 9.64 Å². The molecule has 34 heavy (non-hydrogen) atoms. The maximum Gasteiger partial charge on any atom is 0.348 e. The number of aromatic nitrogens is 2. The molecular formula is C25H23N3O5S. The first-order valence-electron chi connectivity index (χ1n) is 10.5. The van der Waals surface area contributed by atoms with E-state index in [0.29, 0.717) is 16.0 Å². The molecule has 0 atom stereocenters. The highest BCUT2D eigenvalue weighted by Gasteiger charge is 2.19. The average molecular weight is 478 g/mol. The van der Waals surface area contributed by atoms with Crippen molar-refractivity contribution in [1.82, 2.24) is 14.0 Å². The molecule has 0 radical (unpaired) electrons. The van der Waals surface area contributed by atoms with Crippen molar-refractivity contribution in [3.8, 4) is 0 Å². The van der Waals surface area contributed by atoms with Gasteiger partial charge in [-0.05, 0) is 29.3 Å². The van der Waals surface area contributed by atoms with Crippen molar-refractivity contribution in [2.24, 2.45) is 7.05 Å². The van der Waals surface area contributed by atoms with E-state index in [1.165, 1.54) is 15.5 Å². The zero-order valence-corrected chi connectivity index (χ0v) is 19.8. The van der Waals surface area contributed by atoms with Gasteiger partial charge in [-0.1, -0.05) is 42.5 Å². The van der Waals surface area contributed by atoms with Crippen molar-refractivity contribution in [2.45, 2.75) is 13.2 Å². The highest BCUT2D eigenvalue weighted by molar-refractivity contribution is 7.20. The van der Waals surface area contributed by atoms with Crippen LogP contribution in [-0.4, -0.2) is 40.0 Å². The van der Waals surface area contributed by atoms with E-state index in [0.717, 1.165) is 21.5 Å². The summed E-state index contributed by atoms with van der Waals surface area (Å²) in [5.41, 5.74) is 1.10. The summed E-state index contributed by atoms with van der Waals surface area (Å²) in [6, 6.07) is 17.5. The van der Waals surface area contributed by atoms with Gasteiger partial charge in [-0.3, -0.25) is 18.7 Å². The van der Waals surface area contributed by atoms with Crippen LogP contribution in [0.2, 0.25) is 0 Å². The maximum atomic E-state index is 13.1. The van der Waals surface area contributed by atoms with Crippen LogP contribution in [0.4, 0.5) is 0 Å². The van der Waals surface area contributed by atoms with Crippen LogP contribution >= 0.6 is 11.3 Å². The molecule has 0 bridgehead atoms. The van der Waals surface area contributed by atoms with E-state index in [1.807, 2.05) is 30.3 Å². The minimum absolute atomic E-state index is 0.0432. The number of rotatable bonds is 6. The Morgan fingerprint density at radius 1 is 0.971 bits per heavy atom. The second kappa shape index (κ2) is 9.48. The molecule has 2 aromatic heterocycles. The smallest absolute Gasteiger partial charge is 0.348 e. The number of esters is 1. The Morgan fingerprint density at radius 3 is 2.29 bits per heavy atom. The number of thiophene rings is 1. The molecule has 0 aliphatic heterocycles. The number of carbonyl (C=O) groups excluding carboxylic acids is 2. The quantitative estimate of drug-likeness (QED) is 0.399. The van der Waals surface area contributed by atoms with Crippen molar-refractivity contribution >= 4 is 33.4 Å². The Kier molecular flexibility index (Phi) is 6.47. The third kappa shape index (κ3) is 4.55. The highest BCUT2D eigenvalue weighted by atomic mass is 32.1. The SMILES string of the molecule is CN(C)C(=O)c1ccc(Cn2c(=O)c3cc(C(=O)OCc4ccccc4)sc3n(C)c2=O)cc1. The molecular weight excluding hydrogens is 454 g/mol. The third-order valence-electron chi connectivity index (χ3n) is 5.37. The van der Waals surface area contributed by atoms with Crippen LogP contribution in [0.1, 0.15) is 31.2 Å². The summed E-state index contributed by atoms with van der Waals surface area (Å²) in [5.74, 6) is -0.685. The molecule has 2 heterocycles. The van der Waals surface area contributed by atoms with E-state index in [4.69, 9.17) is 4.74 Å². The lowest BCUT2D eigenvalue weighted by Crippen LogP contribution is -2.38. The number of ether oxygens (including phenoxy) is 1. The molecule has 0 fully saturated rings. The lowest BCUT2D eigenvalue weighted by Gasteiger charge is -2.11. The number of carbonyl (C=O) groups is 2. The van der Waals surface area contributed by atoms with Crippen LogP contribution in [0.25, 0.3) is 10.2 Å². The molecule has 4 aromatic rings. The van der Waals surface area contributed by atoms with Gasteiger partial charge in [0.1, 0.15) is 16.3 Å². The van der Waals surface area contributed by atoms with Gasteiger partial charge in [0.15, 0.2) is 0 Å². The zero-order valence-electron chi connectivity index (χ0n) is 19.0. The minimum Gasteiger partial charge on any atom is -0.457 e. The summed E-state index contributed by atoms with van der Waals surface area (Å²) in [7, 11) is 4.90. The highest BCUT2D eigenvalue weighted by Crippen LogP contribution is 2.23. The summed E-state index contributed by atoms with van der Waals surface area (Å²) in [6.45, 7) is 0.158. The molecule has 2 aromatic carbocycles. The van der Waals surface area contributed by atoms with E-state index >= 15 is 0 Å². The normalized spacial score (nSPS) is 10.9. The number of nitrogens with zero attached hydrogens (tertiary/aromatic N) is 3. The lowest BCUT2D eigenvalue weighted by molar-refractivity contribution is 0.0478. The van der Waals surface area contributed by atoms with Gasteiger partial charge in [0.05, 0.1) is 11.9 Å². The van der Waals surface area contributed by atoms with Crippen molar-refractivity contribution in [1.29, 1.82) is 0 Å². The Morgan fingerprint density at radius 2 is 1.65 bits per heavy atom. The van der Waals surface area contributed by atoms with Crippen LogP contribution in [0.15, 0.2) is 70.3 Å². The van der Waals surface area contributed by atoms with Gasteiger partial charge in [0.2, 0.25) is 0 Å². The molecule has 0 unspecified atom stereocenters. The van der Waals surface area contributed by atoms with Crippen LogP contribution in [-0.2, 0) is 24.9 Å². The van der Waals surface area contributed by atoms with Crippen LogP contribution in [0.3, 0.4) is 0 Å². The molecule has 8 nitrogen and oxygen atoms in total. The van der Waals surface area contributed by atoms with E-state index in [9.17, 15) is 19.2 Å². The molecule has 174 valence electrons. The summed E-state index contributed by atoms with van der Waals surface area (Å²) in [6.07, 6.45) is 0. The molecule has 0 aliphatic carbocycles. The van der Waals surface area contributed by atoms with Crippen molar-refractivity contribution in [3.05, 3.63) is 103 Å². The number of hydrogen-bond acceptors (Lipinski definition) is 6. The molecule has 9 heteroatoms. The molecule has 1 amide bonds. The predicted octanol–water partition coefficient (Wildman–Crippen LogP) is 2.87. The van der Waals surface area contributed by atoms with E-state index < -0.39 is 17.2 Å². The summed E-state index contributed by atoms with van der Waals surface area (Å²) >= 11 is 1.05. The first kappa shape index (κ1) is 23.2. The number of fused-ring (bicyclic) bond motifs is 1. The van der Waals surface area contributed by atoms with Crippen LogP contribution < -0.4 is 11.2 Å². The standard InChI is InChI=1S/C25H23N3O5S/c1-26(2)21(29)18-11-9-16(10-12-18)14-28-22(30)19-13-20(34-23(19)27(3)25(28)32)24(31)33-15-17-7-5-4-6-8-17/h4-13H,14-15H2,1-3H3. The van der Waals surface area contributed by atoms with E-state index in [2.05, 4.69) is 0 Å². The molecule has 0 aliphatic rings. The number of amides is 1. The van der Waals surface area contributed by atoms with Gasteiger partial charge in [0.25, 0.3) is 11.5 Å². The molecule has 0 saturated carbocycles. The van der Waals surface area contributed by atoms with E-state index in [1.54, 1.807) is 45.4 Å². The van der Waals surface area contributed by atoms with Gasteiger partial charge in [-0.25, -0.2) is 9.59 Å². The molecule has 0 N–H and O–H groups in total. The molecule has 4 rings (SSSR count). The van der Waals surface area contributed by atoms with Gasteiger partial charge in [-0.15, -0.1) is 11.3 Å². The van der Waals surface area contributed by atoms with E-state index in [-0.39, 0.29) is 29.3 Å². The van der Waals surface area contributed by atoms with Gasteiger partial charge >= 0.3 is 11.7 Å². The number of hydrogen-bond donors (Lipinski definition) is 0. The largest absolute Gasteiger partial charge is 0.457 e. The Labute approximate surface area is 199 Å². The van der Waals surface area contributed by atoms with Gasteiger partial charge in [0, 0.05) is 26.7 Å². The minimum atomic E-state index is -0.551. The third-order valence-corrected chi connectivity index (χ3v) is 6.56. The van der Waals surface area contributed by atoms with Crippen molar-refractivity contribution in [2.75, 3.05) is 14.1 Å². The van der Waals surface area contributed by atoms with Crippen molar-refractivity contribution < 1.29 is 14.3 Å². The first-order valence-corrected chi connectivity index (χ1v) is 11.3. The number of aryl methyl sites for hydroxylation is 1. The predicted molar refractivity (Wildman–Crippen MR) is 130 cm³/mol. The fourth-order valence-electron chi connectivity index (χ4n) is 3.51.